The molecule has 168 valence electrons. The summed E-state index contributed by atoms with van der Waals surface area (Å²) >= 11 is 6.03. The van der Waals surface area contributed by atoms with Gasteiger partial charge in [-0.15, -0.1) is 0 Å². The van der Waals surface area contributed by atoms with Gasteiger partial charge < -0.3 is 15.4 Å². The summed E-state index contributed by atoms with van der Waals surface area (Å²) in [6, 6.07) is 11.2. The van der Waals surface area contributed by atoms with Crippen molar-refractivity contribution in [3.63, 3.8) is 0 Å². The van der Waals surface area contributed by atoms with E-state index in [9.17, 15) is 13.2 Å². The van der Waals surface area contributed by atoms with Gasteiger partial charge in [0.25, 0.3) is 10.0 Å². The summed E-state index contributed by atoms with van der Waals surface area (Å²) in [5, 5.41) is 6.64. The maximum absolute atomic E-state index is 12.5. The second-order valence-corrected chi connectivity index (χ2v) is 9.70. The summed E-state index contributed by atoms with van der Waals surface area (Å²) in [5.41, 5.74) is 1.75. The average Bonchev–Trinajstić information content (AvgIpc) is 2.74. The van der Waals surface area contributed by atoms with Gasteiger partial charge >= 0.3 is 6.03 Å². The summed E-state index contributed by atoms with van der Waals surface area (Å²) in [6.07, 6.45) is 5.71. The number of anilines is 1. The second-order valence-electron chi connectivity index (χ2n) is 7.58. The number of sulfonamides is 1. The van der Waals surface area contributed by atoms with E-state index in [4.69, 9.17) is 16.3 Å². The Morgan fingerprint density at radius 3 is 2.48 bits per heavy atom. The zero-order chi connectivity index (χ0) is 22.3. The van der Waals surface area contributed by atoms with Gasteiger partial charge in [-0.2, -0.15) is 0 Å². The molecule has 1 fully saturated rings. The number of amides is 2. The molecule has 0 spiro atoms. The number of carbonyl (C=O) groups excluding carboxylic acids is 1. The maximum atomic E-state index is 12.5. The van der Waals surface area contributed by atoms with E-state index >= 15 is 0 Å². The molecule has 3 rings (SSSR count). The molecule has 0 heterocycles. The number of halogens is 1. The van der Waals surface area contributed by atoms with Gasteiger partial charge in [-0.05, 0) is 55.2 Å². The molecule has 0 aromatic heterocycles. The Morgan fingerprint density at radius 2 is 1.81 bits per heavy atom. The lowest BCUT2D eigenvalue weighted by atomic mass is 9.96. The molecule has 3 N–H and O–H groups in total. The van der Waals surface area contributed by atoms with Crippen LogP contribution in [0.25, 0.3) is 0 Å². The van der Waals surface area contributed by atoms with Gasteiger partial charge in [0, 0.05) is 17.6 Å². The predicted octanol–water partition coefficient (Wildman–Crippen LogP) is 4.32. The molecule has 1 aliphatic carbocycles. The third-order valence-electron chi connectivity index (χ3n) is 5.29. The lowest BCUT2D eigenvalue weighted by Gasteiger charge is -2.22. The highest BCUT2D eigenvalue weighted by molar-refractivity contribution is 7.90. The molecular formula is C22H28ClN3O4S. The number of benzene rings is 2. The van der Waals surface area contributed by atoms with E-state index in [1.165, 1.54) is 12.1 Å². The standard InChI is InChI=1S/C22H28ClN3O4S/c1-30-21-12-9-17(23)15-20(21)24-14-13-16-7-10-19(11-8-16)31(28,29)26-22(27)25-18-5-3-2-4-6-18/h7-12,15,18,24H,2-6,13-14H2,1H3,(H2,25,26,27). The van der Waals surface area contributed by atoms with E-state index in [0.717, 1.165) is 43.4 Å². The Hall–Kier alpha value is -2.45. The number of ether oxygens (including phenoxy) is 1. The number of rotatable bonds is 8. The molecule has 0 radical (unpaired) electrons. The molecule has 0 aliphatic heterocycles. The zero-order valence-corrected chi connectivity index (χ0v) is 19.1. The quantitative estimate of drug-likeness (QED) is 0.539. The van der Waals surface area contributed by atoms with Crippen molar-refractivity contribution in [3.05, 3.63) is 53.1 Å². The van der Waals surface area contributed by atoms with Crippen molar-refractivity contribution in [3.8, 4) is 5.75 Å². The lowest BCUT2D eigenvalue weighted by molar-refractivity contribution is 0.237. The predicted molar refractivity (Wildman–Crippen MR) is 122 cm³/mol. The van der Waals surface area contributed by atoms with Crippen molar-refractivity contribution < 1.29 is 17.9 Å². The van der Waals surface area contributed by atoms with E-state index in [1.54, 1.807) is 37.4 Å². The first-order valence-corrected chi connectivity index (χ1v) is 12.2. The van der Waals surface area contributed by atoms with Crippen molar-refractivity contribution in [1.29, 1.82) is 0 Å². The first kappa shape index (κ1) is 23.2. The van der Waals surface area contributed by atoms with Crippen LogP contribution in [0.3, 0.4) is 0 Å². The number of nitrogens with one attached hydrogen (secondary N) is 3. The third kappa shape index (κ3) is 6.77. The Bertz CT molecular complexity index is 990. The van der Waals surface area contributed by atoms with Gasteiger partial charge in [-0.3, -0.25) is 0 Å². The summed E-state index contributed by atoms with van der Waals surface area (Å²) in [6.45, 7) is 0.616. The molecule has 9 heteroatoms. The number of methoxy groups -OCH3 is 1. The summed E-state index contributed by atoms with van der Waals surface area (Å²) < 4.78 is 32.4. The van der Waals surface area contributed by atoms with E-state index < -0.39 is 16.1 Å². The fraction of sp³-hybridized carbons (Fsp3) is 0.409. The molecule has 1 saturated carbocycles. The van der Waals surface area contributed by atoms with Gasteiger partial charge in [0.1, 0.15) is 5.75 Å². The van der Waals surface area contributed by atoms with Crippen molar-refractivity contribution >= 4 is 33.3 Å². The first-order chi connectivity index (χ1) is 14.9. The van der Waals surface area contributed by atoms with Crippen LogP contribution in [-0.2, 0) is 16.4 Å². The molecule has 2 amide bonds. The van der Waals surface area contributed by atoms with Gasteiger partial charge in [0.05, 0.1) is 17.7 Å². The van der Waals surface area contributed by atoms with Gasteiger partial charge in [-0.25, -0.2) is 17.9 Å². The van der Waals surface area contributed by atoms with Crippen LogP contribution in [-0.4, -0.2) is 34.1 Å². The Morgan fingerprint density at radius 1 is 1.10 bits per heavy atom. The second kappa shape index (κ2) is 10.7. The van der Waals surface area contributed by atoms with E-state index in [0.29, 0.717) is 23.7 Å². The van der Waals surface area contributed by atoms with Gasteiger partial charge in [-0.1, -0.05) is 43.0 Å². The minimum absolute atomic E-state index is 0.0388. The Balaban J connectivity index is 1.53. The monoisotopic (exact) mass is 465 g/mol. The van der Waals surface area contributed by atoms with Crippen molar-refractivity contribution in [1.82, 2.24) is 10.0 Å². The molecule has 0 bridgehead atoms. The van der Waals surface area contributed by atoms with E-state index in [-0.39, 0.29) is 10.9 Å². The van der Waals surface area contributed by atoms with Crippen LogP contribution in [0.1, 0.15) is 37.7 Å². The number of urea groups is 1. The molecule has 2 aromatic rings. The molecule has 0 saturated heterocycles. The number of carbonyl (C=O) groups is 1. The smallest absolute Gasteiger partial charge is 0.328 e. The molecular weight excluding hydrogens is 438 g/mol. The Kier molecular flexibility index (Phi) is 8.03. The minimum Gasteiger partial charge on any atom is -0.495 e. The number of hydrogen-bond acceptors (Lipinski definition) is 5. The molecule has 1 aliphatic rings. The summed E-state index contributed by atoms with van der Waals surface area (Å²) in [7, 11) is -2.32. The highest BCUT2D eigenvalue weighted by Crippen LogP contribution is 2.27. The Labute approximate surface area is 188 Å². The molecule has 0 atom stereocenters. The van der Waals surface area contributed by atoms with Crippen LogP contribution in [0.5, 0.6) is 5.75 Å². The molecule has 7 nitrogen and oxygen atoms in total. The highest BCUT2D eigenvalue weighted by Gasteiger charge is 2.21. The highest BCUT2D eigenvalue weighted by atomic mass is 35.5. The molecule has 2 aromatic carbocycles. The lowest BCUT2D eigenvalue weighted by Crippen LogP contribution is -2.45. The van der Waals surface area contributed by atoms with Crippen LogP contribution >= 0.6 is 11.6 Å². The summed E-state index contributed by atoms with van der Waals surface area (Å²) in [5.74, 6) is 0.698. The first-order valence-electron chi connectivity index (χ1n) is 10.4. The third-order valence-corrected chi connectivity index (χ3v) is 6.87. The van der Waals surface area contributed by atoms with E-state index in [1.807, 2.05) is 0 Å². The maximum Gasteiger partial charge on any atom is 0.328 e. The van der Waals surface area contributed by atoms with Crippen molar-refractivity contribution in [2.45, 2.75) is 49.5 Å². The van der Waals surface area contributed by atoms with Crippen LogP contribution in [0, 0.1) is 0 Å². The van der Waals surface area contributed by atoms with Gasteiger partial charge in [0.15, 0.2) is 0 Å². The van der Waals surface area contributed by atoms with Crippen molar-refractivity contribution in [2.75, 3.05) is 19.0 Å². The largest absolute Gasteiger partial charge is 0.495 e. The average molecular weight is 466 g/mol. The molecule has 31 heavy (non-hydrogen) atoms. The van der Waals surface area contributed by atoms with Crippen LogP contribution < -0.4 is 20.1 Å². The normalized spacial score (nSPS) is 14.6. The minimum atomic E-state index is -3.91. The fourth-order valence-corrected chi connectivity index (χ4v) is 4.73. The van der Waals surface area contributed by atoms with E-state index in [2.05, 4.69) is 15.4 Å². The number of hydrogen-bond donors (Lipinski definition) is 3. The van der Waals surface area contributed by atoms with Gasteiger partial charge in [0.2, 0.25) is 0 Å². The summed E-state index contributed by atoms with van der Waals surface area (Å²) in [4.78, 5) is 12.1. The topological polar surface area (TPSA) is 96.5 Å². The molecule has 0 unspecified atom stereocenters. The zero-order valence-electron chi connectivity index (χ0n) is 17.5. The van der Waals surface area contributed by atoms with Crippen molar-refractivity contribution in [2.24, 2.45) is 0 Å². The van der Waals surface area contributed by atoms with Crippen LogP contribution in [0.15, 0.2) is 47.4 Å². The SMILES string of the molecule is COc1ccc(Cl)cc1NCCc1ccc(S(=O)(=O)NC(=O)NC2CCCCC2)cc1. The van der Waals surface area contributed by atoms with Crippen LogP contribution in [0.4, 0.5) is 10.5 Å². The fourth-order valence-electron chi connectivity index (χ4n) is 3.64. The van der Waals surface area contributed by atoms with Crippen LogP contribution in [0.2, 0.25) is 5.02 Å².